The summed E-state index contributed by atoms with van der Waals surface area (Å²) in [6.07, 6.45) is -1.97. The van der Waals surface area contributed by atoms with E-state index in [2.05, 4.69) is 0 Å². The highest BCUT2D eigenvalue weighted by Crippen LogP contribution is 2.30. The molecule has 94 valence electrons. The fourth-order valence-electron chi connectivity index (χ4n) is 1.28. The van der Waals surface area contributed by atoms with Crippen LogP contribution in [0.5, 0.6) is 0 Å². The predicted molar refractivity (Wildman–Crippen MR) is 59.0 cm³/mol. The van der Waals surface area contributed by atoms with Crippen molar-refractivity contribution < 1.29 is 18.0 Å². The first-order valence-electron chi connectivity index (χ1n) is 4.91. The molecule has 1 aromatic carbocycles. The molecule has 0 spiro atoms. The Bertz CT molecular complexity index is 527. The topological polar surface area (TPSA) is 66.9 Å². The maximum atomic E-state index is 12.5. The Hall–Kier alpha value is -2.29. The number of halogens is 3. The van der Waals surface area contributed by atoms with Crippen LogP contribution in [0.2, 0.25) is 0 Å². The van der Waals surface area contributed by atoms with Gasteiger partial charge in [-0.25, -0.2) is 0 Å². The highest BCUT2D eigenvalue weighted by atomic mass is 19.4. The zero-order chi connectivity index (χ0) is 13.8. The van der Waals surface area contributed by atoms with Gasteiger partial charge >= 0.3 is 6.18 Å². The van der Waals surface area contributed by atoms with Crippen LogP contribution >= 0.6 is 0 Å². The number of primary amides is 1. The van der Waals surface area contributed by atoms with Gasteiger partial charge in [-0.05, 0) is 23.8 Å². The Kier molecular flexibility index (Phi) is 4.10. The summed E-state index contributed by atoms with van der Waals surface area (Å²) in [5, 5.41) is 8.76. The third-order valence-corrected chi connectivity index (χ3v) is 2.12. The summed E-state index contributed by atoms with van der Waals surface area (Å²) < 4.78 is 37.4. The van der Waals surface area contributed by atoms with Gasteiger partial charge in [0.15, 0.2) is 0 Å². The van der Waals surface area contributed by atoms with E-state index in [4.69, 9.17) is 11.0 Å². The van der Waals surface area contributed by atoms with Gasteiger partial charge < -0.3 is 5.73 Å². The largest absolute Gasteiger partial charge is 0.416 e. The zero-order valence-corrected chi connectivity index (χ0v) is 9.16. The molecule has 3 nitrogen and oxygen atoms in total. The SMILES string of the molecule is N#Cc1ccc(C(F)(F)F)cc1C=CCC(N)=O. The third-order valence-electron chi connectivity index (χ3n) is 2.12. The lowest BCUT2D eigenvalue weighted by molar-refractivity contribution is -0.137. The molecule has 0 radical (unpaired) electrons. The van der Waals surface area contributed by atoms with Gasteiger partial charge in [0.25, 0.3) is 0 Å². The van der Waals surface area contributed by atoms with Crippen LogP contribution in [0, 0.1) is 11.3 Å². The van der Waals surface area contributed by atoms with Gasteiger partial charge in [-0.15, -0.1) is 0 Å². The minimum Gasteiger partial charge on any atom is -0.369 e. The average Bonchev–Trinajstić information content (AvgIpc) is 2.27. The molecule has 1 rings (SSSR count). The third kappa shape index (κ3) is 3.63. The summed E-state index contributed by atoms with van der Waals surface area (Å²) in [6.45, 7) is 0. The van der Waals surface area contributed by atoms with Gasteiger partial charge in [-0.1, -0.05) is 12.2 Å². The fraction of sp³-hybridized carbons (Fsp3) is 0.167. The predicted octanol–water partition coefficient (Wildman–Crippen LogP) is 2.47. The van der Waals surface area contributed by atoms with Crippen LogP contribution in [-0.2, 0) is 11.0 Å². The quantitative estimate of drug-likeness (QED) is 0.900. The van der Waals surface area contributed by atoms with Gasteiger partial charge in [0.05, 0.1) is 17.2 Å². The maximum absolute atomic E-state index is 12.5. The van der Waals surface area contributed by atoms with E-state index < -0.39 is 17.6 Å². The van der Waals surface area contributed by atoms with Crippen LogP contribution in [0.25, 0.3) is 6.08 Å². The summed E-state index contributed by atoms with van der Waals surface area (Å²) in [6, 6.07) is 4.56. The zero-order valence-electron chi connectivity index (χ0n) is 9.16. The Morgan fingerprint density at radius 1 is 1.44 bits per heavy atom. The first-order chi connectivity index (χ1) is 8.34. The second-order valence-electron chi connectivity index (χ2n) is 3.48. The molecule has 0 saturated carbocycles. The molecule has 2 N–H and O–H groups in total. The highest BCUT2D eigenvalue weighted by Gasteiger charge is 2.30. The molecule has 0 aliphatic heterocycles. The number of amides is 1. The van der Waals surface area contributed by atoms with Gasteiger partial charge in [0.1, 0.15) is 0 Å². The fourth-order valence-corrected chi connectivity index (χ4v) is 1.28. The summed E-state index contributed by atoms with van der Waals surface area (Å²) in [4.78, 5) is 10.5. The lowest BCUT2D eigenvalue weighted by atomic mass is 10.0. The molecular formula is C12H9F3N2O. The van der Waals surface area contributed by atoms with Crippen molar-refractivity contribution in [2.45, 2.75) is 12.6 Å². The van der Waals surface area contributed by atoms with Crippen molar-refractivity contribution in [2.24, 2.45) is 5.73 Å². The first kappa shape index (κ1) is 13.8. The highest BCUT2D eigenvalue weighted by molar-refractivity contribution is 5.76. The van der Waals surface area contributed by atoms with Gasteiger partial charge in [-0.3, -0.25) is 4.79 Å². The lowest BCUT2D eigenvalue weighted by Crippen LogP contribution is -2.08. The van der Waals surface area contributed by atoms with E-state index in [0.29, 0.717) is 0 Å². The summed E-state index contributed by atoms with van der Waals surface area (Å²) in [5.41, 5.74) is 4.25. The standard InChI is InChI=1S/C12H9F3N2O/c13-12(14,15)10-5-4-9(7-16)8(6-10)2-1-3-11(17)18/h1-2,4-6H,3H2,(H2,17,18). The first-order valence-corrected chi connectivity index (χ1v) is 4.91. The van der Waals surface area contributed by atoms with Crippen LogP contribution in [0.3, 0.4) is 0 Å². The molecule has 0 unspecified atom stereocenters. The van der Waals surface area contributed by atoms with Crippen LogP contribution in [0.15, 0.2) is 24.3 Å². The van der Waals surface area contributed by atoms with E-state index in [0.717, 1.165) is 18.2 Å². The van der Waals surface area contributed by atoms with E-state index in [-0.39, 0.29) is 17.5 Å². The number of alkyl halides is 3. The van der Waals surface area contributed by atoms with Crippen molar-refractivity contribution in [1.82, 2.24) is 0 Å². The number of hydrogen-bond acceptors (Lipinski definition) is 2. The molecule has 0 aliphatic rings. The lowest BCUT2D eigenvalue weighted by Gasteiger charge is -2.08. The molecule has 1 aromatic rings. The molecule has 0 aliphatic carbocycles. The Morgan fingerprint density at radius 2 is 2.11 bits per heavy atom. The second kappa shape index (κ2) is 5.36. The van der Waals surface area contributed by atoms with Crippen LogP contribution in [-0.4, -0.2) is 5.91 Å². The van der Waals surface area contributed by atoms with Gasteiger partial charge in [0, 0.05) is 6.42 Å². The average molecular weight is 254 g/mol. The number of rotatable bonds is 3. The molecule has 6 heteroatoms. The van der Waals surface area contributed by atoms with Crippen LogP contribution < -0.4 is 5.73 Å². The van der Waals surface area contributed by atoms with E-state index >= 15 is 0 Å². The van der Waals surface area contributed by atoms with E-state index in [1.54, 1.807) is 6.07 Å². The molecular weight excluding hydrogens is 245 g/mol. The second-order valence-corrected chi connectivity index (χ2v) is 3.48. The minimum atomic E-state index is -4.47. The molecule has 18 heavy (non-hydrogen) atoms. The van der Waals surface area contributed by atoms with Crippen molar-refractivity contribution in [3.8, 4) is 6.07 Å². The van der Waals surface area contributed by atoms with Crippen molar-refractivity contribution in [3.63, 3.8) is 0 Å². The minimum absolute atomic E-state index is 0.0961. The molecule has 0 heterocycles. The molecule has 0 atom stereocenters. The molecule has 1 amide bonds. The number of hydrogen-bond donors (Lipinski definition) is 1. The van der Waals surface area contributed by atoms with E-state index in [1.807, 2.05) is 0 Å². The Balaban J connectivity index is 3.12. The number of nitrogens with two attached hydrogens (primary N) is 1. The van der Waals surface area contributed by atoms with Gasteiger partial charge in [-0.2, -0.15) is 18.4 Å². The van der Waals surface area contributed by atoms with Crippen LogP contribution in [0.1, 0.15) is 23.1 Å². The molecule has 0 fully saturated rings. The molecule has 0 aromatic heterocycles. The normalized spacial score (nSPS) is 11.4. The van der Waals surface area contributed by atoms with Crippen molar-refractivity contribution >= 4 is 12.0 Å². The van der Waals surface area contributed by atoms with Crippen molar-refractivity contribution in [2.75, 3.05) is 0 Å². The monoisotopic (exact) mass is 254 g/mol. The molecule has 0 saturated heterocycles. The Labute approximate surface area is 101 Å². The van der Waals surface area contributed by atoms with Crippen LogP contribution in [0.4, 0.5) is 13.2 Å². The summed E-state index contributed by atoms with van der Waals surface area (Å²) >= 11 is 0. The number of carbonyl (C=O) groups is 1. The number of nitrogens with zero attached hydrogens (tertiary/aromatic N) is 1. The summed E-state index contributed by atoms with van der Waals surface area (Å²) in [5.74, 6) is -0.600. The van der Waals surface area contributed by atoms with Gasteiger partial charge in [0.2, 0.25) is 5.91 Å². The number of benzene rings is 1. The number of nitriles is 1. The smallest absolute Gasteiger partial charge is 0.369 e. The van der Waals surface area contributed by atoms with E-state index in [9.17, 15) is 18.0 Å². The number of carbonyl (C=O) groups excluding carboxylic acids is 1. The maximum Gasteiger partial charge on any atom is 0.416 e. The van der Waals surface area contributed by atoms with E-state index in [1.165, 1.54) is 12.2 Å². The Morgan fingerprint density at radius 3 is 2.61 bits per heavy atom. The summed E-state index contributed by atoms with van der Waals surface area (Å²) in [7, 11) is 0. The van der Waals surface area contributed by atoms with Crippen molar-refractivity contribution in [3.05, 3.63) is 41.0 Å². The van der Waals surface area contributed by atoms with Crippen molar-refractivity contribution in [1.29, 1.82) is 5.26 Å². The molecule has 0 bridgehead atoms.